The number of carbonyl (C=O) groups excluding carboxylic acids is 1. The molecule has 0 aromatic heterocycles. The normalized spacial score (nSPS) is 14.5. The molecule has 25 heavy (non-hydrogen) atoms. The van der Waals surface area contributed by atoms with Crippen LogP contribution in [0.5, 0.6) is 5.75 Å². The van der Waals surface area contributed by atoms with Crippen LogP contribution in [0.4, 0.5) is 5.69 Å². The Balaban J connectivity index is 1.65. The molecule has 1 amide bonds. The fourth-order valence-electron chi connectivity index (χ4n) is 3.32. The van der Waals surface area contributed by atoms with Gasteiger partial charge in [-0.15, -0.1) is 0 Å². The number of ether oxygens (including phenoxy) is 1. The molecular formula is C22H27NO2. The fraction of sp³-hybridized carbons (Fsp3) is 0.409. The second kappa shape index (κ2) is 8.19. The van der Waals surface area contributed by atoms with Gasteiger partial charge in [0.25, 0.3) is 5.91 Å². The van der Waals surface area contributed by atoms with E-state index < -0.39 is 6.10 Å². The molecule has 0 bridgehead atoms. The zero-order chi connectivity index (χ0) is 17.6. The Morgan fingerprint density at radius 3 is 2.44 bits per heavy atom. The third kappa shape index (κ3) is 4.41. The first-order valence-corrected chi connectivity index (χ1v) is 9.38. The zero-order valence-corrected chi connectivity index (χ0v) is 15.2. The Hall–Kier alpha value is -2.29. The molecule has 1 aliphatic carbocycles. The van der Waals surface area contributed by atoms with E-state index in [-0.39, 0.29) is 5.91 Å². The Morgan fingerprint density at radius 2 is 1.76 bits per heavy atom. The summed E-state index contributed by atoms with van der Waals surface area (Å²) in [5, 5.41) is 2.96. The molecule has 3 rings (SSSR count). The minimum Gasteiger partial charge on any atom is -0.481 e. The van der Waals surface area contributed by atoms with Crippen molar-refractivity contribution in [1.29, 1.82) is 0 Å². The molecule has 0 radical (unpaired) electrons. The van der Waals surface area contributed by atoms with Crippen LogP contribution < -0.4 is 10.1 Å². The maximum atomic E-state index is 12.6. The molecule has 3 nitrogen and oxygen atoms in total. The van der Waals surface area contributed by atoms with Crippen molar-refractivity contribution in [1.82, 2.24) is 0 Å². The summed E-state index contributed by atoms with van der Waals surface area (Å²) in [5.74, 6) is 0.702. The second-order valence-electron chi connectivity index (χ2n) is 6.69. The lowest BCUT2D eigenvalue weighted by molar-refractivity contribution is -0.122. The van der Waals surface area contributed by atoms with Gasteiger partial charge in [-0.25, -0.2) is 0 Å². The van der Waals surface area contributed by atoms with E-state index in [9.17, 15) is 4.79 Å². The molecule has 2 aromatic rings. The molecule has 1 aliphatic rings. The summed E-state index contributed by atoms with van der Waals surface area (Å²) in [7, 11) is 0. The highest BCUT2D eigenvalue weighted by Crippen LogP contribution is 2.26. The molecule has 0 saturated heterocycles. The van der Waals surface area contributed by atoms with Gasteiger partial charge >= 0.3 is 0 Å². The van der Waals surface area contributed by atoms with Crippen LogP contribution in [0.2, 0.25) is 0 Å². The molecule has 132 valence electrons. The SMILES string of the molecule is CCc1ccc(NC(=O)C(CC)Oc2ccc3c(c2)CCCC3)cc1. The average molecular weight is 337 g/mol. The van der Waals surface area contributed by atoms with Gasteiger partial charge in [0, 0.05) is 5.69 Å². The lowest BCUT2D eigenvalue weighted by Crippen LogP contribution is -2.32. The minimum atomic E-state index is -0.479. The summed E-state index contributed by atoms with van der Waals surface area (Å²) in [6.07, 6.45) is 5.92. The van der Waals surface area contributed by atoms with E-state index in [2.05, 4.69) is 24.4 Å². The van der Waals surface area contributed by atoms with Crippen molar-refractivity contribution in [3.05, 3.63) is 59.2 Å². The summed E-state index contributed by atoms with van der Waals surface area (Å²) < 4.78 is 6.00. The number of hydrogen-bond acceptors (Lipinski definition) is 2. The molecule has 1 unspecified atom stereocenters. The maximum absolute atomic E-state index is 12.6. The second-order valence-corrected chi connectivity index (χ2v) is 6.69. The third-order valence-electron chi connectivity index (χ3n) is 4.89. The van der Waals surface area contributed by atoms with Crippen molar-refractivity contribution >= 4 is 11.6 Å². The Morgan fingerprint density at radius 1 is 1.04 bits per heavy atom. The largest absolute Gasteiger partial charge is 0.481 e. The van der Waals surface area contributed by atoms with E-state index in [0.29, 0.717) is 6.42 Å². The lowest BCUT2D eigenvalue weighted by atomic mass is 9.92. The number of nitrogens with one attached hydrogen (secondary N) is 1. The maximum Gasteiger partial charge on any atom is 0.265 e. The summed E-state index contributed by atoms with van der Waals surface area (Å²) >= 11 is 0. The van der Waals surface area contributed by atoms with E-state index in [0.717, 1.165) is 30.7 Å². The fourth-order valence-corrected chi connectivity index (χ4v) is 3.32. The average Bonchev–Trinajstić information content (AvgIpc) is 2.66. The van der Waals surface area contributed by atoms with Gasteiger partial charge in [-0.05, 0) is 79.5 Å². The monoisotopic (exact) mass is 337 g/mol. The predicted octanol–water partition coefficient (Wildman–Crippen LogP) is 4.92. The number of carbonyl (C=O) groups is 1. The predicted molar refractivity (Wildman–Crippen MR) is 102 cm³/mol. The van der Waals surface area contributed by atoms with Gasteiger partial charge in [0.2, 0.25) is 0 Å². The third-order valence-corrected chi connectivity index (χ3v) is 4.89. The van der Waals surface area contributed by atoms with Crippen LogP contribution >= 0.6 is 0 Å². The molecule has 0 fully saturated rings. The number of fused-ring (bicyclic) bond motifs is 1. The summed E-state index contributed by atoms with van der Waals surface area (Å²) in [6, 6.07) is 14.2. The van der Waals surface area contributed by atoms with Crippen molar-refractivity contribution in [2.45, 2.75) is 58.5 Å². The van der Waals surface area contributed by atoms with E-state index in [4.69, 9.17) is 4.74 Å². The van der Waals surface area contributed by atoms with Crippen LogP contribution in [-0.2, 0) is 24.1 Å². The molecule has 1 atom stereocenters. The summed E-state index contributed by atoms with van der Waals surface area (Å²) in [4.78, 5) is 12.6. The van der Waals surface area contributed by atoms with Crippen LogP contribution in [0.1, 0.15) is 49.8 Å². The van der Waals surface area contributed by atoms with Crippen LogP contribution in [0.25, 0.3) is 0 Å². The molecule has 3 heteroatoms. The first-order chi connectivity index (χ1) is 12.2. The topological polar surface area (TPSA) is 38.3 Å². The van der Waals surface area contributed by atoms with Gasteiger partial charge in [-0.3, -0.25) is 4.79 Å². The summed E-state index contributed by atoms with van der Waals surface area (Å²) in [5.41, 5.74) is 4.87. The number of rotatable bonds is 6. The first kappa shape index (κ1) is 17.5. The standard InChI is InChI=1S/C22H27NO2/c1-3-16-9-12-19(13-10-16)23-22(24)21(4-2)25-20-14-11-17-7-5-6-8-18(17)15-20/h9-15,21H,3-8H2,1-2H3,(H,23,24). The highest BCUT2D eigenvalue weighted by Gasteiger charge is 2.19. The van der Waals surface area contributed by atoms with E-state index >= 15 is 0 Å². The Labute approximate surface area is 150 Å². The van der Waals surface area contributed by atoms with Crippen molar-refractivity contribution in [3.8, 4) is 5.75 Å². The summed E-state index contributed by atoms with van der Waals surface area (Å²) in [6.45, 7) is 4.09. The molecule has 0 aliphatic heterocycles. The molecule has 0 spiro atoms. The molecule has 0 saturated carbocycles. The quantitative estimate of drug-likeness (QED) is 0.812. The Bertz CT molecular complexity index is 721. The highest BCUT2D eigenvalue weighted by molar-refractivity contribution is 5.94. The number of hydrogen-bond donors (Lipinski definition) is 1. The van der Waals surface area contributed by atoms with Crippen LogP contribution in [0, 0.1) is 0 Å². The zero-order valence-electron chi connectivity index (χ0n) is 15.2. The van der Waals surface area contributed by atoms with Crippen molar-refractivity contribution in [2.75, 3.05) is 5.32 Å². The minimum absolute atomic E-state index is 0.0931. The lowest BCUT2D eigenvalue weighted by Gasteiger charge is -2.20. The van der Waals surface area contributed by atoms with Crippen molar-refractivity contribution in [3.63, 3.8) is 0 Å². The van der Waals surface area contributed by atoms with E-state index in [1.54, 1.807) is 0 Å². The van der Waals surface area contributed by atoms with Crippen molar-refractivity contribution in [2.24, 2.45) is 0 Å². The van der Waals surface area contributed by atoms with Crippen LogP contribution in [0.3, 0.4) is 0 Å². The Kier molecular flexibility index (Phi) is 5.75. The van der Waals surface area contributed by atoms with Gasteiger partial charge in [-0.2, -0.15) is 0 Å². The van der Waals surface area contributed by atoms with Crippen LogP contribution in [-0.4, -0.2) is 12.0 Å². The molecule has 0 heterocycles. The first-order valence-electron chi connectivity index (χ1n) is 9.38. The number of benzene rings is 2. The van der Waals surface area contributed by atoms with E-state index in [1.165, 1.54) is 29.5 Å². The van der Waals surface area contributed by atoms with Gasteiger partial charge < -0.3 is 10.1 Å². The molecule has 2 aromatic carbocycles. The number of amides is 1. The number of aryl methyl sites for hydroxylation is 3. The highest BCUT2D eigenvalue weighted by atomic mass is 16.5. The van der Waals surface area contributed by atoms with Gasteiger partial charge in [0.05, 0.1) is 0 Å². The molecular weight excluding hydrogens is 310 g/mol. The van der Waals surface area contributed by atoms with Crippen molar-refractivity contribution < 1.29 is 9.53 Å². The number of anilines is 1. The van der Waals surface area contributed by atoms with Gasteiger partial charge in [0.1, 0.15) is 5.75 Å². The smallest absolute Gasteiger partial charge is 0.265 e. The van der Waals surface area contributed by atoms with Gasteiger partial charge in [-0.1, -0.05) is 32.0 Å². The molecule has 1 N–H and O–H groups in total. The van der Waals surface area contributed by atoms with Gasteiger partial charge in [0.15, 0.2) is 6.10 Å². The van der Waals surface area contributed by atoms with E-state index in [1.807, 2.05) is 37.3 Å². The van der Waals surface area contributed by atoms with Crippen LogP contribution in [0.15, 0.2) is 42.5 Å².